The van der Waals surface area contributed by atoms with E-state index in [0.29, 0.717) is 17.8 Å². The van der Waals surface area contributed by atoms with Crippen molar-refractivity contribution in [3.63, 3.8) is 0 Å². The fourth-order valence-electron chi connectivity index (χ4n) is 5.56. The highest BCUT2D eigenvalue weighted by atomic mass is 16.6. The number of carbonyl (C=O) groups excluding carboxylic acids is 3. The summed E-state index contributed by atoms with van der Waals surface area (Å²) < 4.78 is 10.7. The Morgan fingerprint density at radius 3 is 2.49 bits per heavy atom. The number of benzene rings is 1. The van der Waals surface area contributed by atoms with Gasteiger partial charge in [0, 0.05) is 28.6 Å². The van der Waals surface area contributed by atoms with E-state index in [1.54, 1.807) is 26.0 Å². The van der Waals surface area contributed by atoms with Gasteiger partial charge in [-0.2, -0.15) is 0 Å². The molecule has 0 bridgehead atoms. The van der Waals surface area contributed by atoms with Crippen molar-refractivity contribution in [2.24, 2.45) is 11.8 Å². The molecule has 9 heteroatoms. The van der Waals surface area contributed by atoms with E-state index in [0.717, 1.165) is 32.1 Å². The first-order valence-corrected chi connectivity index (χ1v) is 12.0. The van der Waals surface area contributed by atoms with Gasteiger partial charge >= 0.3 is 11.9 Å². The molecule has 0 amide bonds. The smallest absolute Gasteiger partial charge is 0.337 e. The maximum absolute atomic E-state index is 13.8. The van der Waals surface area contributed by atoms with Crippen LogP contribution in [0.1, 0.15) is 63.9 Å². The molecule has 0 radical (unpaired) electrons. The van der Waals surface area contributed by atoms with Crippen LogP contribution in [-0.4, -0.2) is 35.9 Å². The number of methoxy groups -OCH3 is 1. The number of carbonyl (C=O) groups is 3. The van der Waals surface area contributed by atoms with E-state index in [9.17, 15) is 24.5 Å². The van der Waals surface area contributed by atoms with Crippen LogP contribution < -0.4 is 5.32 Å². The van der Waals surface area contributed by atoms with E-state index in [1.165, 1.54) is 19.2 Å². The minimum atomic E-state index is -1.06. The van der Waals surface area contributed by atoms with Gasteiger partial charge in [0.1, 0.15) is 12.0 Å². The average molecular weight is 483 g/mol. The van der Waals surface area contributed by atoms with Crippen molar-refractivity contribution < 1.29 is 28.8 Å². The Bertz CT molecular complexity index is 1130. The molecule has 0 unspecified atom stereocenters. The molecular weight excluding hydrogens is 452 g/mol. The van der Waals surface area contributed by atoms with Gasteiger partial charge in [-0.25, -0.2) is 4.79 Å². The number of nitrogens with one attached hydrogen (secondary N) is 1. The number of rotatable bonds is 5. The Morgan fingerprint density at radius 1 is 1.14 bits per heavy atom. The number of hydrogen-bond donors (Lipinski definition) is 1. The van der Waals surface area contributed by atoms with E-state index in [1.807, 2.05) is 0 Å². The molecule has 1 aromatic rings. The van der Waals surface area contributed by atoms with Gasteiger partial charge in [0.15, 0.2) is 5.78 Å². The number of nitro groups is 1. The first kappa shape index (κ1) is 24.6. The fraction of sp³-hybridized carbons (Fsp3) is 0.500. The summed E-state index contributed by atoms with van der Waals surface area (Å²) in [5.41, 5.74) is 1.42. The third-order valence-electron chi connectivity index (χ3n) is 7.23. The summed E-state index contributed by atoms with van der Waals surface area (Å²) in [6.07, 6.45) is 4.67. The third kappa shape index (κ3) is 4.59. The molecule has 0 saturated heterocycles. The number of ether oxygens (including phenoxy) is 2. The summed E-state index contributed by atoms with van der Waals surface area (Å²) in [6, 6.07) is 6.08. The van der Waals surface area contributed by atoms with Crippen molar-refractivity contribution in [1.82, 2.24) is 5.32 Å². The number of para-hydroxylation sites is 1. The van der Waals surface area contributed by atoms with Crippen LogP contribution >= 0.6 is 0 Å². The van der Waals surface area contributed by atoms with Crippen molar-refractivity contribution in [1.29, 1.82) is 0 Å². The van der Waals surface area contributed by atoms with Crippen molar-refractivity contribution in [3.05, 3.63) is 62.5 Å². The minimum Gasteiger partial charge on any atom is -0.468 e. The SMILES string of the molecule is COC(=O)[C@@H]1C(=O)C2=C(C[C@@H]1C)NC(C)=C(C(=O)OC1CCCCC1)[C@H]2c1ccccc1[N+](=O)[O-]. The highest BCUT2D eigenvalue weighted by Gasteiger charge is 2.48. The Kier molecular flexibility index (Phi) is 7.05. The number of allylic oxidation sites excluding steroid dienone is 3. The predicted molar refractivity (Wildman–Crippen MR) is 126 cm³/mol. The average Bonchev–Trinajstić information content (AvgIpc) is 2.83. The van der Waals surface area contributed by atoms with Gasteiger partial charge in [-0.3, -0.25) is 19.7 Å². The molecule has 9 nitrogen and oxygen atoms in total. The molecule has 1 heterocycles. The second-order valence-corrected chi connectivity index (χ2v) is 9.52. The molecule has 3 atom stereocenters. The first-order valence-electron chi connectivity index (χ1n) is 12.0. The number of ketones is 1. The van der Waals surface area contributed by atoms with Crippen LogP contribution in [0.15, 0.2) is 46.8 Å². The van der Waals surface area contributed by atoms with E-state index in [4.69, 9.17) is 9.47 Å². The van der Waals surface area contributed by atoms with Crippen LogP contribution in [0.5, 0.6) is 0 Å². The van der Waals surface area contributed by atoms with Crippen LogP contribution in [0.4, 0.5) is 5.69 Å². The normalized spacial score (nSPS) is 25.0. The first-order chi connectivity index (χ1) is 16.7. The Hall–Kier alpha value is -3.49. The molecule has 1 aliphatic heterocycles. The lowest BCUT2D eigenvalue weighted by Crippen LogP contribution is -2.43. The van der Waals surface area contributed by atoms with Crippen molar-refractivity contribution >= 4 is 23.4 Å². The quantitative estimate of drug-likeness (QED) is 0.288. The monoisotopic (exact) mass is 482 g/mol. The standard InChI is InChI=1S/C26H30N2O7/c1-14-13-18-23(24(29)20(14)25(30)34-3)22(17-11-7-8-12-19(17)28(32)33)21(15(2)27-18)26(31)35-16-9-5-4-6-10-16/h7-8,11-12,14,16,20,22,27H,4-6,9-10,13H2,1-3H3/t14-,20-,22+/m0/s1. The summed E-state index contributed by atoms with van der Waals surface area (Å²) >= 11 is 0. The highest BCUT2D eigenvalue weighted by molar-refractivity contribution is 6.12. The Balaban J connectivity index is 1.85. The molecule has 186 valence electrons. The van der Waals surface area contributed by atoms with Crippen LogP contribution in [-0.2, 0) is 23.9 Å². The van der Waals surface area contributed by atoms with Crippen LogP contribution in [0.3, 0.4) is 0 Å². The van der Waals surface area contributed by atoms with Gasteiger partial charge in [0.05, 0.1) is 23.5 Å². The predicted octanol–water partition coefficient (Wildman–Crippen LogP) is 4.08. The molecule has 3 aliphatic rings. The largest absolute Gasteiger partial charge is 0.468 e. The lowest BCUT2D eigenvalue weighted by Gasteiger charge is -2.38. The lowest BCUT2D eigenvalue weighted by atomic mass is 9.69. The maximum atomic E-state index is 13.8. The number of esters is 2. The maximum Gasteiger partial charge on any atom is 0.337 e. The minimum absolute atomic E-state index is 0.162. The zero-order chi connectivity index (χ0) is 25.3. The summed E-state index contributed by atoms with van der Waals surface area (Å²) in [4.78, 5) is 51.2. The molecule has 0 spiro atoms. The Morgan fingerprint density at radius 2 is 1.83 bits per heavy atom. The molecule has 2 aliphatic carbocycles. The van der Waals surface area contributed by atoms with Gasteiger partial charge < -0.3 is 14.8 Å². The van der Waals surface area contributed by atoms with E-state index >= 15 is 0 Å². The number of hydrogen-bond acceptors (Lipinski definition) is 8. The fourth-order valence-corrected chi connectivity index (χ4v) is 5.56. The second kappa shape index (κ2) is 10.0. The lowest BCUT2D eigenvalue weighted by molar-refractivity contribution is -0.385. The number of Topliss-reactive ketones (excluding diaryl/α,β-unsaturated/α-hetero) is 1. The molecule has 0 aromatic heterocycles. The second-order valence-electron chi connectivity index (χ2n) is 9.52. The topological polar surface area (TPSA) is 125 Å². The van der Waals surface area contributed by atoms with E-state index in [2.05, 4.69) is 5.32 Å². The molecule has 1 saturated carbocycles. The highest BCUT2D eigenvalue weighted by Crippen LogP contribution is 2.47. The van der Waals surface area contributed by atoms with Crippen molar-refractivity contribution in [3.8, 4) is 0 Å². The zero-order valence-corrected chi connectivity index (χ0v) is 20.2. The summed E-state index contributed by atoms with van der Waals surface area (Å²) in [5, 5.41) is 15.1. The van der Waals surface area contributed by atoms with Gasteiger partial charge in [-0.05, 0) is 44.9 Å². The molecule has 4 rings (SSSR count). The number of nitro benzene ring substituents is 1. The summed E-state index contributed by atoms with van der Waals surface area (Å²) in [6.45, 7) is 3.50. The van der Waals surface area contributed by atoms with Crippen LogP contribution in [0.2, 0.25) is 0 Å². The van der Waals surface area contributed by atoms with Gasteiger partial charge in [0.2, 0.25) is 0 Å². The summed E-state index contributed by atoms with van der Waals surface area (Å²) in [5.74, 6) is -4.17. The van der Waals surface area contributed by atoms with Gasteiger partial charge in [-0.15, -0.1) is 0 Å². The number of dihydropyridines is 1. The third-order valence-corrected chi connectivity index (χ3v) is 7.23. The molecule has 1 N–H and O–H groups in total. The number of nitrogens with zero attached hydrogens (tertiary/aromatic N) is 1. The van der Waals surface area contributed by atoms with Crippen LogP contribution in [0.25, 0.3) is 0 Å². The van der Waals surface area contributed by atoms with Crippen LogP contribution in [0, 0.1) is 22.0 Å². The zero-order valence-electron chi connectivity index (χ0n) is 20.2. The van der Waals surface area contributed by atoms with Crippen molar-refractivity contribution in [2.45, 2.75) is 64.4 Å². The molecular formula is C26H30N2O7. The molecule has 1 aromatic carbocycles. The van der Waals surface area contributed by atoms with Gasteiger partial charge in [-0.1, -0.05) is 31.5 Å². The van der Waals surface area contributed by atoms with Crippen molar-refractivity contribution in [2.75, 3.05) is 7.11 Å². The van der Waals surface area contributed by atoms with Gasteiger partial charge in [0.25, 0.3) is 5.69 Å². The van der Waals surface area contributed by atoms with E-state index < -0.39 is 34.5 Å². The molecule has 1 fully saturated rings. The summed E-state index contributed by atoms with van der Waals surface area (Å²) in [7, 11) is 1.22. The van der Waals surface area contributed by atoms with E-state index in [-0.39, 0.29) is 34.4 Å². The Labute approximate surface area is 203 Å². The molecule has 35 heavy (non-hydrogen) atoms.